The van der Waals surface area contributed by atoms with Crippen molar-refractivity contribution in [1.29, 1.82) is 0 Å². The van der Waals surface area contributed by atoms with Crippen LogP contribution in [0, 0.1) is 0 Å². The van der Waals surface area contributed by atoms with Crippen molar-refractivity contribution in [2.75, 3.05) is 20.2 Å². The highest BCUT2D eigenvalue weighted by atomic mass is 127. The number of hydrogen-bond donors (Lipinski definition) is 2. The quantitative estimate of drug-likeness (QED) is 0.294. The Morgan fingerprint density at radius 1 is 1.15 bits per heavy atom. The van der Waals surface area contributed by atoms with Crippen LogP contribution in [-0.2, 0) is 19.0 Å². The van der Waals surface area contributed by atoms with E-state index in [0.717, 1.165) is 17.4 Å². The molecular formula is C19H30IN5O. The number of ether oxygens (including phenoxy) is 1. The molecule has 0 saturated heterocycles. The minimum atomic E-state index is 0. The average Bonchev–Trinajstić information content (AvgIpc) is 2.99. The molecule has 2 rings (SSSR count). The van der Waals surface area contributed by atoms with Gasteiger partial charge >= 0.3 is 0 Å². The SMILES string of the molecule is CN=C(NCCOc1ccc(C(C)(C)C)cc1)NCc1ccnn1C.I. The van der Waals surface area contributed by atoms with E-state index in [4.69, 9.17) is 4.74 Å². The van der Waals surface area contributed by atoms with Gasteiger partial charge in [-0.25, -0.2) is 0 Å². The summed E-state index contributed by atoms with van der Waals surface area (Å²) in [6.07, 6.45) is 1.78. The van der Waals surface area contributed by atoms with E-state index in [1.807, 2.05) is 29.9 Å². The van der Waals surface area contributed by atoms with Crippen LogP contribution >= 0.6 is 24.0 Å². The van der Waals surface area contributed by atoms with Gasteiger partial charge in [0.2, 0.25) is 0 Å². The standard InChI is InChI=1S/C19H29N5O.HI/c1-19(2,3)15-6-8-17(9-7-15)25-13-12-21-18(20-4)22-14-16-10-11-23-24(16)5;/h6-11H,12-14H2,1-5H3,(H2,20,21,22);1H. The Balaban J connectivity index is 0.00000338. The van der Waals surface area contributed by atoms with Gasteiger partial charge in [-0.1, -0.05) is 32.9 Å². The third-order valence-corrected chi connectivity index (χ3v) is 3.97. The first-order valence-corrected chi connectivity index (χ1v) is 8.55. The van der Waals surface area contributed by atoms with Crippen molar-refractivity contribution < 1.29 is 4.74 Å². The minimum absolute atomic E-state index is 0. The Labute approximate surface area is 173 Å². The zero-order valence-corrected chi connectivity index (χ0v) is 18.6. The van der Waals surface area contributed by atoms with Crippen LogP contribution in [0.25, 0.3) is 0 Å². The highest BCUT2D eigenvalue weighted by Crippen LogP contribution is 2.24. The highest BCUT2D eigenvalue weighted by molar-refractivity contribution is 14.0. The summed E-state index contributed by atoms with van der Waals surface area (Å²) in [7, 11) is 3.68. The molecule has 1 aromatic heterocycles. The zero-order chi connectivity index (χ0) is 18.3. The molecule has 26 heavy (non-hydrogen) atoms. The number of halogens is 1. The summed E-state index contributed by atoms with van der Waals surface area (Å²) in [5.74, 6) is 1.63. The number of rotatable bonds is 6. The fraction of sp³-hybridized carbons (Fsp3) is 0.474. The van der Waals surface area contributed by atoms with Crippen LogP contribution in [0.4, 0.5) is 0 Å². The van der Waals surface area contributed by atoms with Crippen LogP contribution in [0.15, 0.2) is 41.5 Å². The lowest BCUT2D eigenvalue weighted by Crippen LogP contribution is -2.39. The van der Waals surface area contributed by atoms with E-state index >= 15 is 0 Å². The Kier molecular flexibility index (Phi) is 8.91. The van der Waals surface area contributed by atoms with E-state index in [9.17, 15) is 0 Å². The molecule has 0 spiro atoms. The molecule has 0 amide bonds. The molecule has 1 heterocycles. The molecule has 144 valence electrons. The molecule has 0 aliphatic heterocycles. The van der Waals surface area contributed by atoms with Gasteiger partial charge in [0.05, 0.1) is 18.8 Å². The second-order valence-electron chi connectivity index (χ2n) is 6.92. The fourth-order valence-corrected chi connectivity index (χ4v) is 2.36. The number of benzene rings is 1. The monoisotopic (exact) mass is 471 g/mol. The van der Waals surface area contributed by atoms with Crippen LogP contribution in [-0.4, -0.2) is 35.9 Å². The molecule has 7 heteroatoms. The van der Waals surface area contributed by atoms with Gasteiger partial charge in [-0.3, -0.25) is 9.67 Å². The van der Waals surface area contributed by atoms with E-state index in [1.54, 1.807) is 13.2 Å². The molecule has 0 fully saturated rings. The van der Waals surface area contributed by atoms with Crippen LogP contribution < -0.4 is 15.4 Å². The maximum atomic E-state index is 5.78. The normalized spacial score (nSPS) is 11.7. The van der Waals surface area contributed by atoms with E-state index in [1.165, 1.54) is 5.56 Å². The van der Waals surface area contributed by atoms with Crippen LogP contribution in [0.3, 0.4) is 0 Å². The molecular weight excluding hydrogens is 441 g/mol. The highest BCUT2D eigenvalue weighted by Gasteiger charge is 2.12. The number of aliphatic imine (C=N–C) groups is 1. The Morgan fingerprint density at radius 2 is 1.85 bits per heavy atom. The number of aromatic nitrogens is 2. The second kappa shape index (κ2) is 10.4. The first kappa shape index (κ1) is 22.3. The van der Waals surface area contributed by atoms with Gasteiger partial charge < -0.3 is 15.4 Å². The molecule has 0 aliphatic carbocycles. The van der Waals surface area contributed by atoms with Crippen molar-refractivity contribution in [2.45, 2.75) is 32.7 Å². The largest absolute Gasteiger partial charge is 0.492 e. The van der Waals surface area contributed by atoms with Gasteiger partial charge in [0.1, 0.15) is 12.4 Å². The van der Waals surface area contributed by atoms with Crippen molar-refractivity contribution in [3.63, 3.8) is 0 Å². The van der Waals surface area contributed by atoms with E-state index in [0.29, 0.717) is 19.7 Å². The lowest BCUT2D eigenvalue weighted by atomic mass is 9.87. The van der Waals surface area contributed by atoms with E-state index in [2.05, 4.69) is 53.6 Å². The fourth-order valence-electron chi connectivity index (χ4n) is 2.36. The number of hydrogen-bond acceptors (Lipinski definition) is 3. The Morgan fingerprint density at radius 3 is 2.38 bits per heavy atom. The minimum Gasteiger partial charge on any atom is -0.492 e. The number of aryl methyl sites for hydroxylation is 1. The van der Waals surface area contributed by atoms with Crippen molar-refractivity contribution in [1.82, 2.24) is 20.4 Å². The Bertz CT molecular complexity index is 689. The molecule has 0 unspecified atom stereocenters. The molecule has 6 nitrogen and oxygen atoms in total. The van der Waals surface area contributed by atoms with Gasteiger partial charge in [-0.2, -0.15) is 5.10 Å². The third-order valence-electron chi connectivity index (χ3n) is 3.97. The lowest BCUT2D eigenvalue weighted by Gasteiger charge is -2.19. The topological polar surface area (TPSA) is 63.5 Å². The predicted molar refractivity (Wildman–Crippen MR) is 117 cm³/mol. The molecule has 0 aliphatic rings. The smallest absolute Gasteiger partial charge is 0.191 e. The van der Waals surface area contributed by atoms with Crippen LogP contribution in [0.2, 0.25) is 0 Å². The van der Waals surface area contributed by atoms with Gasteiger partial charge in [0.25, 0.3) is 0 Å². The summed E-state index contributed by atoms with van der Waals surface area (Å²) < 4.78 is 7.62. The summed E-state index contributed by atoms with van der Waals surface area (Å²) in [5, 5.41) is 10.6. The van der Waals surface area contributed by atoms with E-state index < -0.39 is 0 Å². The van der Waals surface area contributed by atoms with Crippen molar-refractivity contribution in [3.05, 3.63) is 47.8 Å². The molecule has 0 saturated carbocycles. The van der Waals surface area contributed by atoms with Gasteiger partial charge in [-0.05, 0) is 29.2 Å². The van der Waals surface area contributed by atoms with Crippen molar-refractivity contribution >= 4 is 29.9 Å². The van der Waals surface area contributed by atoms with Crippen molar-refractivity contribution in [2.24, 2.45) is 12.0 Å². The molecule has 1 aromatic carbocycles. The predicted octanol–water partition coefficient (Wildman–Crippen LogP) is 3.08. The second-order valence-corrected chi connectivity index (χ2v) is 6.92. The number of guanidine groups is 1. The zero-order valence-electron chi connectivity index (χ0n) is 16.2. The summed E-state index contributed by atoms with van der Waals surface area (Å²) in [5.41, 5.74) is 2.56. The molecule has 2 N–H and O–H groups in total. The van der Waals surface area contributed by atoms with Gasteiger partial charge in [0, 0.05) is 20.3 Å². The number of nitrogens with zero attached hydrogens (tertiary/aromatic N) is 3. The van der Waals surface area contributed by atoms with E-state index in [-0.39, 0.29) is 29.4 Å². The van der Waals surface area contributed by atoms with Gasteiger partial charge in [-0.15, -0.1) is 24.0 Å². The molecule has 2 aromatic rings. The third kappa shape index (κ3) is 6.86. The first-order valence-electron chi connectivity index (χ1n) is 8.55. The first-order chi connectivity index (χ1) is 11.9. The number of nitrogens with one attached hydrogen (secondary N) is 2. The van der Waals surface area contributed by atoms with Gasteiger partial charge in [0.15, 0.2) is 5.96 Å². The van der Waals surface area contributed by atoms with Crippen LogP contribution in [0.5, 0.6) is 5.75 Å². The summed E-state index contributed by atoms with van der Waals surface area (Å²) >= 11 is 0. The lowest BCUT2D eigenvalue weighted by molar-refractivity contribution is 0.321. The van der Waals surface area contributed by atoms with Crippen molar-refractivity contribution in [3.8, 4) is 5.75 Å². The maximum Gasteiger partial charge on any atom is 0.191 e. The summed E-state index contributed by atoms with van der Waals surface area (Å²) in [6.45, 7) is 8.53. The average molecular weight is 471 g/mol. The molecule has 0 radical (unpaired) electrons. The molecule has 0 atom stereocenters. The summed E-state index contributed by atoms with van der Waals surface area (Å²) in [6, 6.07) is 10.3. The maximum absolute atomic E-state index is 5.78. The Hall–Kier alpha value is -1.77. The molecule has 0 bridgehead atoms. The summed E-state index contributed by atoms with van der Waals surface area (Å²) in [4.78, 5) is 4.21. The van der Waals surface area contributed by atoms with Crippen LogP contribution in [0.1, 0.15) is 32.0 Å².